The fraction of sp³-hybridized carbons (Fsp3) is 0.385. The lowest BCUT2D eigenvalue weighted by Gasteiger charge is -2.20. The number of benzene rings is 1. The van der Waals surface area contributed by atoms with Crippen LogP contribution in [0.25, 0.3) is 0 Å². The number of carboxylic acid groups (broad SMARTS) is 1. The Bertz CT molecular complexity index is 544. The van der Waals surface area contributed by atoms with E-state index in [4.69, 9.17) is 10.8 Å². The van der Waals surface area contributed by atoms with E-state index >= 15 is 0 Å². The zero-order valence-electron chi connectivity index (χ0n) is 10.6. The lowest BCUT2D eigenvalue weighted by atomic mass is 10.0. The van der Waals surface area contributed by atoms with Crippen molar-refractivity contribution in [3.05, 3.63) is 35.4 Å². The number of rotatable bonds is 3. The first kappa shape index (κ1) is 14.4. The first-order chi connectivity index (χ1) is 9.33. The van der Waals surface area contributed by atoms with Crippen molar-refractivity contribution in [2.75, 3.05) is 13.1 Å². The van der Waals surface area contributed by atoms with Crippen LogP contribution in [0.2, 0.25) is 0 Å². The van der Waals surface area contributed by atoms with Gasteiger partial charge in [-0.1, -0.05) is 6.07 Å². The summed E-state index contributed by atoms with van der Waals surface area (Å²) in [6, 6.07) is 3.35. The zero-order chi connectivity index (χ0) is 14.9. The van der Waals surface area contributed by atoms with E-state index in [0.717, 1.165) is 12.1 Å². The fourth-order valence-corrected chi connectivity index (χ4v) is 2.18. The molecule has 0 radical (unpaired) electrons. The van der Waals surface area contributed by atoms with Crippen LogP contribution in [0.1, 0.15) is 12.0 Å². The van der Waals surface area contributed by atoms with Crippen molar-refractivity contribution in [3.8, 4) is 0 Å². The van der Waals surface area contributed by atoms with Gasteiger partial charge in [-0.2, -0.15) is 0 Å². The number of nitrogens with two attached hydrogens (primary N) is 1. The molecule has 1 aliphatic heterocycles. The van der Waals surface area contributed by atoms with Crippen LogP contribution in [0, 0.1) is 11.6 Å². The first-order valence-electron chi connectivity index (χ1n) is 6.06. The standard InChI is InChI=1S/C13H14F2N2O3/c14-9-2-1-3-10(15)8(9)6-11(18)17-5-4-13(16,7-17)12(19)20/h1-3H,4-7,16H2,(H,19,20). The Hall–Kier alpha value is -2.02. The summed E-state index contributed by atoms with van der Waals surface area (Å²) in [6.45, 7) is 0.00887. The smallest absolute Gasteiger partial charge is 0.325 e. The fourth-order valence-electron chi connectivity index (χ4n) is 2.18. The summed E-state index contributed by atoms with van der Waals surface area (Å²) in [5.74, 6) is -3.32. The molecule has 1 aromatic rings. The zero-order valence-corrected chi connectivity index (χ0v) is 10.6. The third-order valence-corrected chi connectivity index (χ3v) is 3.47. The maximum absolute atomic E-state index is 13.4. The number of nitrogens with zero attached hydrogens (tertiary/aromatic N) is 1. The van der Waals surface area contributed by atoms with Crippen molar-refractivity contribution < 1.29 is 23.5 Å². The second-order valence-electron chi connectivity index (χ2n) is 4.90. The molecule has 1 saturated heterocycles. The minimum absolute atomic E-state index is 0.119. The molecule has 1 aliphatic rings. The topological polar surface area (TPSA) is 83.6 Å². The van der Waals surface area contributed by atoms with Gasteiger partial charge in [-0.05, 0) is 18.6 Å². The summed E-state index contributed by atoms with van der Waals surface area (Å²) in [4.78, 5) is 24.2. The molecule has 2 rings (SSSR count). The average Bonchev–Trinajstić information content (AvgIpc) is 2.78. The summed E-state index contributed by atoms with van der Waals surface area (Å²) < 4.78 is 26.9. The second kappa shape index (κ2) is 5.16. The van der Waals surface area contributed by atoms with Crippen LogP contribution in [0.15, 0.2) is 18.2 Å². The minimum atomic E-state index is -1.48. The van der Waals surface area contributed by atoms with Crippen molar-refractivity contribution in [1.29, 1.82) is 0 Å². The lowest BCUT2D eigenvalue weighted by molar-refractivity contribution is -0.143. The van der Waals surface area contributed by atoms with Gasteiger partial charge in [0.05, 0.1) is 6.42 Å². The highest BCUT2D eigenvalue weighted by Gasteiger charge is 2.42. The van der Waals surface area contributed by atoms with Crippen LogP contribution in [0.4, 0.5) is 8.78 Å². The molecule has 0 aliphatic carbocycles. The summed E-state index contributed by atoms with van der Waals surface area (Å²) in [5, 5.41) is 8.97. The molecule has 1 unspecified atom stereocenters. The molecule has 0 aromatic heterocycles. The van der Waals surface area contributed by atoms with E-state index in [2.05, 4.69) is 0 Å². The van der Waals surface area contributed by atoms with Gasteiger partial charge in [0.2, 0.25) is 5.91 Å². The Morgan fingerprint density at radius 3 is 2.45 bits per heavy atom. The maximum Gasteiger partial charge on any atom is 0.325 e. The lowest BCUT2D eigenvalue weighted by Crippen LogP contribution is -2.50. The molecule has 0 saturated carbocycles. The van der Waals surface area contributed by atoms with Gasteiger partial charge in [-0.3, -0.25) is 9.59 Å². The largest absolute Gasteiger partial charge is 0.480 e. The number of amides is 1. The molecule has 5 nitrogen and oxygen atoms in total. The van der Waals surface area contributed by atoms with Gasteiger partial charge in [0, 0.05) is 18.7 Å². The quantitative estimate of drug-likeness (QED) is 0.847. The molecule has 1 aromatic carbocycles. The number of likely N-dealkylation sites (tertiary alicyclic amines) is 1. The van der Waals surface area contributed by atoms with Crippen LogP contribution in [0.3, 0.4) is 0 Å². The summed E-state index contributed by atoms with van der Waals surface area (Å²) in [6.07, 6.45) is -0.331. The molecule has 108 valence electrons. The molecule has 1 amide bonds. The van der Waals surface area contributed by atoms with Crippen molar-refractivity contribution in [1.82, 2.24) is 4.90 Å². The summed E-state index contributed by atoms with van der Waals surface area (Å²) in [7, 11) is 0. The highest BCUT2D eigenvalue weighted by atomic mass is 19.1. The average molecular weight is 284 g/mol. The third kappa shape index (κ3) is 2.62. The number of aliphatic carboxylic acids is 1. The van der Waals surface area contributed by atoms with Crippen LogP contribution < -0.4 is 5.73 Å². The van der Waals surface area contributed by atoms with Gasteiger partial charge in [-0.15, -0.1) is 0 Å². The molecule has 1 fully saturated rings. The van der Waals surface area contributed by atoms with E-state index in [1.807, 2.05) is 0 Å². The number of carbonyl (C=O) groups excluding carboxylic acids is 1. The van der Waals surface area contributed by atoms with E-state index in [-0.39, 0.29) is 25.1 Å². The van der Waals surface area contributed by atoms with Crippen LogP contribution >= 0.6 is 0 Å². The number of carbonyl (C=O) groups is 2. The first-order valence-corrected chi connectivity index (χ1v) is 6.06. The number of carboxylic acids is 1. The van der Waals surface area contributed by atoms with Crippen LogP contribution in [0.5, 0.6) is 0 Å². The van der Waals surface area contributed by atoms with Crippen molar-refractivity contribution in [2.24, 2.45) is 5.73 Å². The Kier molecular flexibility index (Phi) is 3.71. The summed E-state index contributed by atoms with van der Waals surface area (Å²) in [5.41, 5.74) is 3.84. The monoisotopic (exact) mass is 284 g/mol. The van der Waals surface area contributed by atoms with Crippen molar-refractivity contribution in [3.63, 3.8) is 0 Å². The van der Waals surface area contributed by atoms with Crippen molar-refractivity contribution in [2.45, 2.75) is 18.4 Å². The normalized spacial score (nSPS) is 22.1. The molecule has 7 heteroatoms. The SMILES string of the molecule is NC1(C(=O)O)CCN(C(=O)Cc2c(F)cccc2F)C1. The molecule has 3 N–H and O–H groups in total. The number of hydrogen-bond donors (Lipinski definition) is 2. The van der Waals surface area contributed by atoms with E-state index in [9.17, 15) is 18.4 Å². The van der Waals surface area contributed by atoms with Gasteiger partial charge in [-0.25, -0.2) is 8.78 Å². The van der Waals surface area contributed by atoms with E-state index in [0.29, 0.717) is 0 Å². The predicted molar refractivity (Wildman–Crippen MR) is 65.8 cm³/mol. The number of hydrogen-bond acceptors (Lipinski definition) is 3. The maximum atomic E-state index is 13.4. The molecule has 0 bridgehead atoms. The Morgan fingerprint density at radius 1 is 1.35 bits per heavy atom. The Balaban J connectivity index is 2.09. The van der Waals surface area contributed by atoms with Crippen LogP contribution in [-0.2, 0) is 16.0 Å². The van der Waals surface area contributed by atoms with Gasteiger partial charge < -0.3 is 15.7 Å². The highest BCUT2D eigenvalue weighted by Crippen LogP contribution is 2.21. The van der Waals surface area contributed by atoms with Gasteiger partial charge in [0.15, 0.2) is 0 Å². The van der Waals surface area contributed by atoms with Crippen LogP contribution in [-0.4, -0.2) is 40.5 Å². The molecular weight excluding hydrogens is 270 g/mol. The predicted octanol–water partition coefficient (Wildman–Crippen LogP) is 0.522. The second-order valence-corrected chi connectivity index (χ2v) is 4.90. The number of halogens is 2. The van der Waals surface area contributed by atoms with E-state index < -0.39 is 35.5 Å². The minimum Gasteiger partial charge on any atom is -0.480 e. The molecule has 1 atom stereocenters. The highest BCUT2D eigenvalue weighted by molar-refractivity contribution is 5.84. The molecular formula is C13H14F2N2O3. The van der Waals surface area contributed by atoms with E-state index in [1.54, 1.807) is 0 Å². The Labute approximate surface area is 114 Å². The molecule has 20 heavy (non-hydrogen) atoms. The Morgan fingerprint density at radius 2 is 1.95 bits per heavy atom. The van der Waals surface area contributed by atoms with Gasteiger partial charge in [0.1, 0.15) is 17.2 Å². The van der Waals surface area contributed by atoms with Gasteiger partial charge in [0.25, 0.3) is 0 Å². The molecule has 1 heterocycles. The third-order valence-electron chi connectivity index (χ3n) is 3.47. The van der Waals surface area contributed by atoms with Gasteiger partial charge >= 0.3 is 5.97 Å². The van der Waals surface area contributed by atoms with E-state index in [1.165, 1.54) is 11.0 Å². The molecule has 0 spiro atoms. The summed E-state index contributed by atoms with van der Waals surface area (Å²) >= 11 is 0. The van der Waals surface area contributed by atoms with Crippen molar-refractivity contribution >= 4 is 11.9 Å².